The standard InChI is InChI=1S/C29H30N4S/c1-18-9-8-10-23(15-18)32-21(4)17-25(22(32)5)28-27(26-11-6-7-14-30-26)31-29(34)33(28)24-13-12-19(2)20(3)16-24/h6-17,27-28H,1-5H3,(H,31,34)/t27-,28+/m0/s1. The number of nitrogens with zero attached hydrogens (tertiary/aromatic N) is 3. The molecule has 1 fully saturated rings. The first-order valence-electron chi connectivity index (χ1n) is 11.7. The molecule has 0 saturated carbocycles. The summed E-state index contributed by atoms with van der Waals surface area (Å²) in [5.41, 5.74) is 10.7. The van der Waals surface area contributed by atoms with Crippen LogP contribution in [0.25, 0.3) is 5.69 Å². The zero-order valence-electron chi connectivity index (χ0n) is 20.3. The SMILES string of the molecule is Cc1cccc(-n2c(C)cc([C@@H]3[C@H](c4ccccn4)NC(=S)N3c3ccc(C)c(C)c3)c2C)c1. The van der Waals surface area contributed by atoms with Crippen molar-refractivity contribution in [3.05, 3.63) is 112 Å². The molecule has 1 aliphatic heterocycles. The minimum Gasteiger partial charge on any atom is -0.351 e. The van der Waals surface area contributed by atoms with Gasteiger partial charge >= 0.3 is 0 Å². The molecule has 0 amide bonds. The van der Waals surface area contributed by atoms with E-state index in [1.165, 1.54) is 39.3 Å². The van der Waals surface area contributed by atoms with E-state index in [9.17, 15) is 0 Å². The topological polar surface area (TPSA) is 33.1 Å². The first-order chi connectivity index (χ1) is 16.3. The van der Waals surface area contributed by atoms with Crippen molar-refractivity contribution in [3.63, 3.8) is 0 Å². The van der Waals surface area contributed by atoms with Gasteiger partial charge in [-0.1, -0.05) is 24.3 Å². The summed E-state index contributed by atoms with van der Waals surface area (Å²) in [6.07, 6.45) is 1.85. The number of aromatic nitrogens is 2. The van der Waals surface area contributed by atoms with Crippen LogP contribution in [-0.4, -0.2) is 14.7 Å². The van der Waals surface area contributed by atoms with Crippen molar-refractivity contribution in [3.8, 4) is 5.69 Å². The molecule has 1 aliphatic rings. The number of anilines is 1. The highest BCUT2D eigenvalue weighted by Gasteiger charge is 2.42. The summed E-state index contributed by atoms with van der Waals surface area (Å²) in [5.74, 6) is 0. The van der Waals surface area contributed by atoms with Crippen LogP contribution in [0.1, 0.15) is 51.4 Å². The molecule has 0 unspecified atom stereocenters. The third-order valence-corrected chi connectivity index (χ3v) is 7.23. The Morgan fingerprint density at radius 2 is 1.65 bits per heavy atom. The minimum absolute atomic E-state index is 0.0192. The monoisotopic (exact) mass is 466 g/mol. The normalized spacial score (nSPS) is 17.8. The quantitative estimate of drug-likeness (QED) is 0.344. The van der Waals surface area contributed by atoms with E-state index in [0.29, 0.717) is 0 Å². The average Bonchev–Trinajstić information content (AvgIpc) is 3.31. The van der Waals surface area contributed by atoms with E-state index in [1.54, 1.807) is 0 Å². The molecule has 34 heavy (non-hydrogen) atoms. The number of aryl methyl sites for hydroxylation is 4. The Bertz CT molecular complexity index is 1370. The third kappa shape index (κ3) is 3.80. The van der Waals surface area contributed by atoms with E-state index in [-0.39, 0.29) is 12.1 Å². The van der Waals surface area contributed by atoms with Gasteiger partial charge in [0.1, 0.15) is 0 Å². The predicted molar refractivity (Wildman–Crippen MR) is 144 cm³/mol. The Morgan fingerprint density at radius 3 is 2.35 bits per heavy atom. The van der Waals surface area contributed by atoms with Gasteiger partial charge in [-0.3, -0.25) is 4.98 Å². The highest BCUT2D eigenvalue weighted by Crippen LogP contribution is 2.44. The van der Waals surface area contributed by atoms with Crippen molar-refractivity contribution < 1.29 is 0 Å². The van der Waals surface area contributed by atoms with E-state index in [0.717, 1.165) is 16.5 Å². The smallest absolute Gasteiger partial charge is 0.174 e. The van der Waals surface area contributed by atoms with Gasteiger partial charge in [0.25, 0.3) is 0 Å². The molecular weight excluding hydrogens is 436 g/mol. The van der Waals surface area contributed by atoms with E-state index in [1.807, 2.05) is 18.3 Å². The molecule has 3 heterocycles. The first-order valence-corrected chi connectivity index (χ1v) is 12.1. The number of rotatable bonds is 4. The van der Waals surface area contributed by atoms with Crippen LogP contribution in [0.2, 0.25) is 0 Å². The molecule has 2 atom stereocenters. The Morgan fingerprint density at radius 1 is 0.824 bits per heavy atom. The molecule has 172 valence electrons. The van der Waals surface area contributed by atoms with E-state index >= 15 is 0 Å². The van der Waals surface area contributed by atoms with Crippen LogP contribution in [0.15, 0.2) is 72.9 Å². The molecular formula is C29H30N4S. The van der Waals surface area contributed by atoms with Gasteiger partial charge in [-0.25, -0.2) is 0 Å². The second kappa shape index (κ2) is 8.73. The highest BCUT2D eigenvalue weighted by molar-refractivity contribution is 7.80. The molecule has 2 aromatic carbocycles. The maximum Gasteiger partial charge on any atom is 0.174 e. The molecule has 4 nitrogen and oxygen atoms in total. The lowest BCUT2D eigenvalue weighted by atomic mass is 9.96. The molecule has 1 N–H and O–H groups in total. The fraction of sp³-hybridized carbons (Fsp3) is 0.241. The Balaban J connectivity index is 1.69. The molecule has 5 rings (SSSR count). The Kier molecular flexibility index (Phi) is 5.74. The largest absolute Gasteiger partial charge is 0.351 e. The number of hydrogen-bond acceptors (Lipinski definition) is 2. The summed E-state index contributed by atoms with van der Waals surface area (Å²) in [6, 6.07) is 23.5. The summed E-state index contributed by atoms with van der Waals surface area (Å²) >= 11 is 5.93. The van der Waals surface area contributed by atoms with Crippen molar-refractivity contribution in [2.24, 2.45) is 0 Å². The fourth-order valence-electron chi connectivity index (χ4n) is 5.08. The lowest BCUT2D eigenvalue weighted by Gasteiger charge is -2.28. The molecule has 1 saturated heterocycles. The van der Waals surface area contributed by atoms with Crippen molar-refractivity contribution in [1.29, 1.82) is 0 Å². The maximum absolute atomic E-state index is 5.93. The molecule has 2 aromatic heterocycles. The van der Waals surface area contributed by atoms with Crippen LogP contribution in [0, 0.1) is 34.6 Å². The van der Waals surface area contributed by atoms with Crippen molar-refractivity contribution >= 4 is 23.0 Å². The molecule has 0 aliphatic carbocycles. The highest BCUT2D eigenvalue weighted by atomic mass is 32.1. The molecule has 0 radical (unpaired) electrons. The second-order valence-corrected chi connectivity index (χ2v) is 9.65. The van der Waals surface area contributed by atoms with Crippen LogP contribution in [0.3, 0.4) is 0 Å². The van der Waals surface area contributed by atoms with Gasteiger partial charge in [0.2, 0.25) is 0 Å². The van der Waals surface area contributed by atoms with E-state index < -0.39 is 0 Å². The second-order valence-electron chi connectivity index (χ2n) is 9.27. The van der Waals surface area contributed by atoms with Gasteiger partial charge in [-0.05, 0) is 112 Å². The van der Waals surface area contributed by atoms with Gasteiger partial charge in [0.15, 0.2) is 5.11 Å². The molecule has 0 spiro atoms. The lowest BCUT2D eigenvalue weighted by molar-refractivity contribution is 0.565. The van der Waals surface area contributed by atoms with E-state index in [2.05, 4.69) is 104 Å². The predicted octanol–water partition coefficient (Wildman–Crippen LogP) is 6.59. The van der Waals surface area contributed by atoms with Crippen LogP contribution < -0.4 is 10.2 Å². The molecule has 0 bridgehead atoms. The van der Waals surface area contributed by atoms with Crippen molar-refractivity contribution in [2.75, 3.05) is 4.90 Å². The van der Waals surface area contributed by atoms with Gasteiger partial charge in [-0.15, -0.1) is 0 Å². The lowest BCUT2D eigenvalue weighted by Crippen LogP contribution is -2.29. The number of benzene rings is 2. The summed E-state index contributed by atoms with van der Waals surface area (Å²) in [4.78, 5) is 6.97. The van der Waals surface area contributed by atoms with Gasteiger partial charge in [-0.2, -0.15) is 0 Å². The number of thiocarbonyl (C=S) groups is 1. The van der Waals surface area contributed by atoms with Crippen LogP contribution in [0.5, 0.6) is 0 Å². The van der Waals surface area contributed by atoms with Gasteiger partial charge in [0.05, 0.1) is 17.8 Å². The maximum atomic E-state index is 5.93. The first kappa shape index (κ1) is 22.4. The van der Waals surface area contributed by atoms with Crippen molar-refractivity contribution in [1.82, 2.24) is 14.9 Å². The van der Waals surface area contributed by atoms with Gasteiger partial charge in [0, 0.05) is 29.0 Å². The summed E-state index contributed by atoms with van der Waals surface area (Å²) in [7, 11) is 0. The van der Waals surface area contributed by atoms with Crippen LogP contribution in [0.4, 0.5) is 5.69 Å². The van der Waals surface area contributed by atoms with E-state index in [4.69, 9.17) is 17.2 Å². The zero-order chi connectivity index (χ0) is 24.0. The molecule has 5 heteroatoms. The van der Waals surface area contributed by atoms with Crippen molar-refractivity contribution in [2.45, 2.75) is 46.7 Å². The summed E-state index contributed by atoms with van der Waals surface area (Å²) in [5, 5.41) is 4.32. The third-order valence-electron chi connectivity index (χ3n) is 6.92. The number of hydrogen-bond donors (Lipinski definition) is 1. The summed E-state index contributed by atoms with van der Waals surface area (Å²) in [6.45, 7) is 10.8. The fourth-order valence-corrected chi connectivity index (χ4v) is 5.42. The number of nitrogens with one attached hydrogen (secondary N) is 1. The number of pyridine rings is 1. The van der Waals surface area contributed by atoms with Gasteiger partial charge < -0.3 is 14.8 Å². The van der Waals surface area contributed by atoms with Crippen LogP contribution in [-0.2, 0) is 0 Å². The average molecular weight is 467 g/mol. The minimum atomic E-state index is -0.0539. The Hall–Kier alpha value is -3.44. The summed E-state index contributed by atoms with van der Waals surface area (Å²) < 4.78 is 2.34. The van der Waals surface area contributed by atoms with Crippen LogP contribution >= 0.6 is 12.2 Å². The Labute approximate surface area is 207 Å². The zero-order valence-corrected chi connectivity index (χ0v) is 21.1. The molecule has 4 aromatic rings.